The minimum atomic E-state index is -3.74. The smallest absolute Gasteiger partial charge is 0.257 e. The largest absolute Gasteiger partial charge is 0.322 e. The molecule has 0 radical (unpaired) electrons. The third kappa shape index (κ3) is 5.22. The number of amides is 1. The molecule has 0 aliphatic heterocycles. The van der Waals surface area contributed by atoms with Gasteiger partial charge in [-0.15, -0.1) is 0 Å². The number of sulfonamides is 2. The van der Waals surface area contributed by atoms with E-state index in [1.807, 2.05) is 0 Å². The van der Waals surface area contributed by atoms with Crippen LogP contribution < -0.4 is 10.0 Å². The first kappa shape index (κ1) is 22.2. The summed E-state index contributed by atoms with van der Waals surface area (Å²) in [5, 5.41) is 2.67. The molecule has 0 saturated carbocycles. The molecule has 1 amide bonds. The Bertz CT molecular complexity index is 1130. The van der Waals surface area contributed by atoms with Gasteiger partial charge in [-0.1, -0.05) is 17.7 Å². The average Bonchev–Trinajstić information content (AvgIpc) is 2.56. The van der Waals surface area contributed by atoms with E-state index in [4.69, 9.17) is 11.6 Å². The summed E-state index contributed by atoms with van der Waals surface area (Å²) in [5.74, 6) is -0.630. The number of rotatable bonds is 6. The summed E-state index contributed by atoms with van der Waals surface area (Å²) in [7, 11) is -4.46. The summed E-state index contributed by atoms with van der Waals surface area (Å²) in [6, 6.07) is 8.53. The molecule has 0 heterocycles. The van der Waals surface area contributed by atoms with Crippen molar-refractivity contribution in [2.75, 3.05) is 30.4 Å². The molecule has 2 aromatic rings. The van der Waals surface area contributed by atoms with Crippen molar-refractivity contribution in [1.82, 2.24) is 4.31 Å². The lowest BCUT2D eigenvalue weighted by Gasteiger charge is -2.14. The monoisotopic (exact) mass is 445 g/mol. The van der Waals surface area contributed by atoms with Gasteiger partial charge in [0.2, 0.25) is 20.0 Å². The van der Waals surface area contributed by atoms with Gasteiger partial charge in [-0.25, -0.2) is 21.1 Å². The van der Waals surface area contributed by atoms with Crippen molar-refractivity contribution in [3.05, 3.63) is 52.5 Å². The molecular weight excluding hydrogens is 426 g/mol. The lowest BCUT2D eigenvalue weighted by Crippen LogP contribution is -2.23. The van der Waals surface area contributed by atoms with Crippen LogP contribution in [0.15, 0.2) is 41.3 Å². The highest BCUT2D eigenvalue weighted by molar-refractivity contribution is 7.92. The molecule has 0 aliphatic rings. The number of nitrogens with zero attached hydrogens (tertiary/aromatic N) is 1. The van der Waals surface area contributed by atoms with Crippen LogP contribution in [0.4, 0.5) is 11.4 Å². The van der Waals surface area contributed by atoms with Crippen molar-refractivity contribution in [3.8, 4) is 0 Å². The topological polar surface area (TPSA) is 113 Å². The van der Waals surface area contributed by atoms with Crippen LogP contribution in [0.5, 0.6) is 0 Å². The molecule has 11 heteroatoms. The standard InChI is InChI=1S/C17H20ClN3O5S2/c1-11-5-6-12(9-16(11)20-27(4,23)24)19-17(22)14-10-13(7-8-15(14)18)28(25,26)21(2)3/h5-10,20H,1-4H3,(H,19,22). The minimum absolute atomic E-state index is 0.0252. The molecular formula is C17H20ClN3O5S2. The maximum atomic E-state index is 12.6. The predicted octanol–water partition coefficient (Wildman–Crippen LogP) is 2.52. The van der Waals surface area contributed by atoms with E-state index in [2.05, 4.69) is 10.0 Å². The van der Waals surface area contributed by atoms with E-state index in [9.17, 15) is 21.6 Å². The van der Waals surface area contributed by atoms with Gasteiger partial charge >= 0.3 is 0 Å². The van der Waals surface area contributed by atoms with Crippen LogP contribution in [0.25, 0.3) is 0 Å². The second-order valence-electron chi connectivity index (χ2n) is 6.29. The molecule has 0 atom stereocenters. The summed E-state index contributed by atoms with van der Waals surface area (Å²) in [6.07, 6.45) is 1.02. The number of anilines is 2. The van der Waals surface area contributed by atoms with E-state index >= 15 is 0 Å². The number of nitrogens with one attached hydrogen (secondary N) is 2. The second-order valence-corrected chi connectivity index (χ2v) is 10.6. The number of hydrogen-bond donors (Lipinski definition) is 2. The molecule has 8 nitrogen and oxygen atoms in total. The number of carbonyl (C=O) groups excluding carboxylic acids is 1. The Morgan fingerprint density at radius 2 is 1.68 bits per heavy atom. The fourth-order valence-corrected chi connectivity index (χ4v) is 4.01. The van der Waals surface area contributed by atoms with Crippen molar-refractivity contribution in [2.45, 2.75) is 11.8 Å². The molecule has 0 bridgehead atoms. The van der Waals surface area contributed by atoms with Gasteiger partial charge in [-0.2, -0.15) is 0 Å². The SMILES string of the molecule is Cc1ccc(NC(=O)c2cc(S(=O)(=O)N(C)C)ccc2Cl)cc1NS(C)(=O)=O. The molecule has 0 saturated heterocycles. The maximum absolute atomic E-state index is 12.6. The fraction of sp³-hybridized carbons (Fsp3) is 0.235. The van der Waals surface area contributed by atoms with Gasteiger partial charge in [0.25, 0.3) is 5.91 Å². The van der Waals surface area contributed by atoms with Gasteiger partial charge in [0, 0.05) is 19.8 Å². The van der Waals surface area contributed by atoms with Crippen molar-refractivity contribution in [3.63, 3.8) is 0 Å². The molecule has 0 unspecified atom stereocenters. The zero-order valence-corrected chi connectivity index (χ0v) is 18.0. The molecule has 0 aromatic heterocycles. The van der Waals surface area contributed by atoms with Crippen LogP contribution in [0.3, 0.4) is 0 Å². The first-order chi connectivity index (χ1) is 12.8. The molecule has 0 fully saturated rings. The van der Waals surface area contributed by atoms with E-state index in [-0.39, 0.29) is 15.5 Å². The number of halogens is 1. The molecule has 152 valence electrons. The fourth-order valence-electron chi connectivity index (χ4n) is 2.26. The van der Waals surface area contributed by atoms with Gasteiger partial charge in [0.15, 0.2) is 0 Å². The van der Waals surface area contributed by atoms with Crippen molar-refractivity contribution >= 4 is 48.9 Å². The van der Waals surface area contributed by atoms with Crippen molar-refractivity contribution in [1.29, 1.82) is 0 Å². The third-order valence-electron chi connectivity index (χ3n) is 3.75. The van der Waals surface area contributed by atoms with Gasteiger partial charge in [-0.3, -0.25) is 9.52 Å². The Balaban J connectivity index is 2.37. The van der Waals surface area contributed by atoms with Crippen LogP contribution in [-0.2, 0) is 20.0 Å². The quantitative estimate of drug-likeness (QED) is 0.709. The van der Waals surface area contributed by atoms with Gasteiger partial charge < -0.3 is 5.32 Å². The Hall–Kier alpha value is -2.14. The van der Waals surface area contributed by atoms with Gasteiger partial charge in [0.05, 0.1) is 27.4 Å². The number of hydrogen-bond acceptors (Lipinski definition) is 5. The van der Waals surface area contributed by atoms with E-state index in [1.54, 1.807) is 19.1 Å². The summed E-state index contributed by atoms with van der Waals surface area (Å²) in [4.78, 5) is 12.5. The normalized spacial score (nSPS) is 12.1. The third-order valence-corrected chi connectivity index (χ3v) is 6.48. The molecule has 28 heavy (non-hydrogen) atoms. The zero-order valence-electron chi connectivity index (χ0n) is 15.6. The van der Waals surface area contributed by atoms with Crippen LogP contribution in [-0.4, -0.2) is 47.4 Å². The first-order valence-corrected chi connectivity index (χ1v) is 11.6. The zero-order chi connectivity index (χ0) is 21.3. The highest BCUT2D eigenvalue weighted by Gasteiger charge is 2.21. The molecule has 0 spiro atoms. The van der Waals surface area contributed by atoms with Crippen LogP contribution in [0.2, 0.25) is 5.02 Å². The Morgan fingerprint density at radius 1 is 1.04 bits per heavy atom. The lowest BCUT2D eigenvalue weighted by atomic mass is 10.1. The Morgan fingerprint density at radius 3 is 2.25 bits per heavy atom. The summed E-state index contributed by atoms with van der Waals surface area (Å²) in [6.45, 7) is 1.71. The second kappa shape index (κ2) is 8.08. The highest BCUT2D eigenvalue weighted by Crippen LogP contribution is 2.25. The van der Waals surface area contributed by atoms with Gasteiger partial charge in [-0.05, 0) is 42.8 Å². The van der Waals surface area contributed by atoms with Crippen molar-refractivity contribution in [2.24, 2.45) is 0 Å². The first-order valence-electron chi connectivity index (χ1n) is 7.93. The Kier molecular flexibility index (Phi) is 6.39. The summed E-state index contributed by atoms with van der Waals surface area (Å²) < 4.78 is 50.9. The highest BCUT2D eigenvalue weighted by atomic mass is 35.5. The summed E-state index contributed by atoms with van der Waals surface area (Å²) >= 11 is 6.07. The van der Waals surface area contributed by atoms with E-state index < -0.39 is 26.0 Å². The molecule has 0 aliphatic carbocycles. The number of carbonyl (C=O) groups is 1. The molecule has 2 rings (SSSR count). The summed E-state index contributed by atoms with van der Waals surface area (Å²) in [5.41, 5.74) is 1.28. The van der Waals surface area contributed by atoms with E-state index in [0.29, 0.717) is 16.9 Å². The Labute approximate surface area is 169 Å². The van der Waals surface area contributed by atoms with E-state index in [0.717, 1.165) is 10.6 Å². The average molecular weight is 446 g/mol. The maximum Gasteiger partial charge on any atom is 0.257 e. The van der Waals surface area contributed by atoms with Gasteiger partial charge in [0.1, 0.15) is 0 Å². The number of aryl methyl sites for hydroxylation is 1. The molecule has 2 aromatic carbocycles. The van der Waals surface area contributed by atoms with E-state index in [1.165, 1.54) is 38.4 Å². The van der Waals surface area contributed by atoms with Crippen LogP contribution in [0.1, 0.15) is 15.9 Å². The molecule has 2 N–H and O–H groups in total. The lowest BCUT2D eigenvalue weighted by molar-refractivity contribution is 0.102. The predicted molar refractivity (Wildman–Crippen MR) is 110 cm³/mol. The van der Waals surface area contributed by atoms with Crippen LogP contribution in [0, 0.1) is 6.92 Å². The van der Waals surface area contributed by atoms with Crippen molar-refractivity contribution < 1.29 is 21.6 Å². The van der Waals surface area contributed by atoms with Crippen LogP contribution >= 0.6 is 11.6 Å². The minimum Gasteiger partial charge on any atom is -0.322 e. The number of benzene rings is 2.